The molecule has 0 fully saturated rings. The lowest BCUT2D eigenvalue weighted by Gasteiger charge is -2.26. The van der Waals surface area contributed by atoms with E-state index < -0.39 is 5.60 Å². The van der Waals surface area contributed by atoms with E-state index >= 15 is 0 Å². The van der Waals surface area contributed by atoms with Gasteiger partial charge < -0.3 is 10.4 Å². The Morgan fingerprint density at radius 3 is 2.33 bits per heavy atom. The van der Waals surface area contributed by atoms with Crippen molar-refractivity contribution in [1.29, 1.82) is 0 Å². The highest BCUT2D eigenvalue weighted by atomic mass is 16.3. The van der Waals surface area contributed by atoms with E-state index in [4.69, 9.17) is 0 Å². The third kappa shape index (κ3) is 8.88. The Morgan fingerprint density at radius 1 is 1.27 bits per heavy atom. The van der Waals surface area contributed by atoms with Crippen LogP contribution in [0.4, 0.5) is 0 Å². The highest BCUT2D eigenvalue weighted by molar-refractivity contribution is 4.77. The van der Waals surface area contributed by atoms with Crippen LogP contribution in [-0.2, 0) is 0 Å². The molecule has 0 radical (unpaired) electrons. The molecule has 0 saturated heterocycles. The molecule has 0 aliphatic heterocycles. The van der Waals surface area contributed by atoms with Crippen LogP contribution in [0, 0.1) is 11.8 Å². The second kappa shape index (κ2) is 7.24. The molecule has 2 N–H and O–H groups in total. The van der Waals surface area contributed by atoms with E-state index in [1.54, 1.807) is 0 Å². The van der Waals surface area contributed by atoms with Gasteiger partial charge in [-0.1, -0.05) is 34.1 Å². The van der Waals surface area contributed by atoms with Crippen molar-refractivity contribution < 1.29 is 5.11 Å². The minimum absolute atomic E-state index is 0.551. The predicted octanol–water partition coefficient (Wildman–Crippen LogP) is 2.81. The summed E-state index contributed by atoms with van der Waals surface area (Å²) in [6.07, 6.45) is 3.37. The van der Waals surface area contributed by atoms with E-state index in [2.05, 4.69) is 33.0 Å². The molecule has 0 aliphatic rings. The SMILES string of the molecule is CCCC(C)CNCC(C)(O)CC(C)C. The minimum Gasteiger partial charge on any atom is -0.389 e. The van der Waals surface area contributed by atoms with Gasteiger partial charge in [0.2, 0.25) is 0 Å². The molecule has 0 saturated carbocycles. The van der Waals surface area contributed by atoms with Gasteiger partial charge in [0.15, 0.2) is 0 Å². The number of aliphatic hydroxyl groups is 1. The fourth-order valence-corrected chi connectivity index (χ4v) is 2.13. The minimum atomic E-state index is -0.555. The van der Waals surface area contributed by atoms with Crippen LogP contribution in [0.1, 0.15) is 53.9 Å². The fourth-order valence-electron chi connectivity index (χ4n) is 2.13. The first-order valence-electron chi connectivity index (χ1n) is 6.30. The standard InChI is InChI=1S/C13H29NO/c1-6-7-12(4)9-14-10-13(5,15)8-11(2)3/h11-12,14-15H,6-10H2,1-5H3. The van der Waals surface area contributed by atoms with Crippen molar-refractivity contribution >= 4 is 0 Å². The summed E-state index contributed by atoms with van der Waals surface area (Å²) in [4.78, 5) is 0. The molecule has 2 nitrogen and oxygen atoms in total. The maximum Gasteiger partial charge on any atom is 0.0746 e. The Labute approximate surface area is 95.5 Å². The third-order valence-corrected chi connectivity index (χ3v) is 2.63. The van der Waals surface area contributed by atoms with Crippen LogP contribution >= 0.6 is 0 Å². The number of hydrogen-bond acceptors (Lipinski definition) is 2. The summed E-state index contributed by atoms with van der Waals surface area (Å²) in [5, 5.41) is 13.4. The molecule has 0 aliphatic carbocycles. The van der Waals surface area contributed by atoms with Gasteiger partial charge in [-0.3, -0.25) is 0 Å². The molecule has 0 spiro atoms. The van der Waals surface area contributed by atoms with Gasteiger partial charge >= 0.3 is 0 Å². The maximum atomic E-state index is 10.1. The Morgan fingerprint density at radius 2 is 1.87 bits per heavy atom. The molecule has 0 amide bonds. The van der Waals surface area contributed by atoms with Gasteiger partial charge in [0.1, 0.15) is 0 Å². The van der Waals surface area contributed by atoms with Crippen molar-refractivity contribution in [2.24, 2.45) is 11.8 Å². The molecule has 2 atom stereocenters. The van der Waals surface area contributed by atoms with Crippen molar-refractivity contribution in [3.8, 4) is 0 Å². The molecule has 2 unspecified atom stereocenters. The van der Waals surface area contributed by atoms with Gasteiger partial charge in [-0.25, -0.2) is 0 Å². The topological polar surface area (TPSA) is 32.3 Å². The molecule has 0 aromatic rings. The fraction of sp³-hybridized carbons (Fsp3) is 1.00. The normalized spacial score (nSPS) is 17.8. The van der Waals surface area contributed by atoms with E-state index in [1.165, 1.54) is 12.8 Å². The Hall–Kier alpha value is -0.0800. The zero-order valence-corrected chi connectivity index (χ0v) is 11.1. The van der Waals surface area contributed by atoms with Crippen molar-refractivity contribution in [1.82, 2.24) is 5.32 Å². The first-order valence-corrected chi connectivity index (χ1v) is 6.30. The molecule has 2 heteroatoms. The van der Waals surface area contributed by atoms with Crippen molar-refractivity contribution in [2.45, 2.75) is 59.5 Å². The van der Waals surface area contributed by atoms with E-state index in [0.29, 0.717) is 18.4 Å². The summed E-state index contributed by atoms with van der Waals surface area (Å²) in [6.45, 7) is 12.4. The van der Waals surface area contributed by atoms with Crippen LogP contribution < -0.4 is 5.32 Å². The monoisotopic (exact) mass is 215 g/mol. The average molecular weight is 215 g/mol. The Kier molecular flexibility index (Phi) is 7.20. The lowest BCUT2D eigenvalue weighted by atomic mass is 9.94. The van der Waals surface area contributed by atoms with E-state index in [9.17, 15) is 5.11 Å². The van der Waals surface area contributed by atoms with E-state index in [-0.39, 0.29) is 0 Å². The zero-order valence-electron chi connectivity index (χ0n) is 11.1. The van der Waals surface area contributed by atoms with Gasteiger partial charge in [-0.15, -0.1) is 0 Å². The predicted molar refractivity (Wildman–Crippen MR) is 67.0 cm³/mol. The molecule has 0 heterocycles. The summed E-state index contributed by atoms with van der Waals surface area (Å²) in [7, 11) is 0. The second-order valence-electron chi connectivity index (χ2n) is 5.62. The molecular formula is C13H29NO. The summed E-state index contributed by atoms with van der Waals surface area (Å²) in [6, 6.07) is 0. The van der Waals surface area contributed by atoms with E-state index in [0.717, 1.165) is 13.0 Å². The summed E-state index contributed by atoms with van der Waals surface area (Å²) in [5.41, 5.74) is -0.555. The van der Waals surface area contributed by atoms with E-state index in [1.807, 2.05) is 6.92 Å². The quantitative estimate of drug-likeness (QED) is 0.652. The lowest BCUT2D eigenvalue weighted by Crippen LogP contribution is -2.40. The largest absolute Gasteiger partial charge is 0.389 e. The van der Waals surface area contributed by atoms with Gasteiger partial charge in [0.05, 0.1) is 5.60 Å². The Bertz CT molecular complexity index is 155. The molecule has 0 aromatic heterocycles. The van der Waals surface area contributed by atoms with Crippen molar-refractivity contribution in [2.75, 3.05) is 13.1 Å². The lowest BCUT2D eigenvalue weighted by molar-refractivity contribution is 0.0379. The molecule has 0 aromatic carbocycles. The number of nitrogens with one attached hydrogen (secondary N) is 1. The number of hydrogen-bond donors (Lipinski definition) is 2. The van der Waals surface area contributed by atoms with Crippen LogP contribution in [0.5, 0.6) is 0 Å². The van der Waals surface area contributed by atoms with Crippen LogP contribution in [0.2, 0.25) is 0 Å². The zero-order chi connectivity index (χ0) is 11.9. The van der Waals surface area contributed by atoms with Gasteiger partial charge in [-0.05, 0) is 38.1 Å². The molecule has 15 heavy (non-hydrogen) atoms. The highest BCUT2D eigenvalue weighted by Crippen LogP contribution is 2.15. The van der Waals surface area contributed by atoms with Crippen LogP contribution in [0.25, 0.3) is 0 Å². The Balaban J connectivity index is 3.65. The highest BCUT2D eigenvalue weighted by Gasteiger charge is 2.21. The van der Waals surface area contributed by atoms with Crippen LogP contribution in [-0.4, -0.2) is 23.8 Å². The van der Waals surface area contributed by atoms with Crippen LogP contribution in [0.15, 0.2) is 0 Å². The molecule has 0 rings (SSSR count). The summed E-state index contributed by atoms with van der Waals surface area (Å²) < 4.78 is 0. The van der Waals surface area contributed by atoms with Gasteiger partial charge in [0.25, 0.3) is 0 Å². The summed E-state index contributed by atoms with van der Waals surface area (Å²) in [5.74, 6) is 1.26. The molecule has 92 valence electrons. The van der Waals surface area contributed by atoms with Gasteiger partial charge in [-0.2, -0.15) is 0 Å². The smallest absolute Gasteiger partial charge is 0.0746 e. The van der Waals surface area contributed by atoms with Crippen molar-refractivity contribution in [3.63, 3.8) is 0 Å². The first kappa shape index (κ1) is 14.9. The van der Waals surface area contributed by atoms with Gasteiger partial charge in [0, 0.05) is 6.54 Å². The first-order chi connectivity index (χ1) is 6.87. The van der Waals surface area contributed by atoms with Crippen LogP contribution in [0.3, 0.4) is 0 Å². The second-order valence-corrected chi connectivity index (χ2v) is 5.62. The summed E-state index contributed by atoms with van der Waals surface area (Å²) >= 11 is 0. The third-order valence-electron chi connectivity index (χ3n) is 2.63. The van der Waals surface area contributed by atoms with Crippen molar-refractivity contribution in [3.05, 3.63) is 0 Å². The number of rotatable bonds is 8. The molecule has 0 bridgehead atoms. The maximum absolute atomic E-state index is 10.1. The average Bonchev–Trinajstić information content (AvgIpc) is 2.01. The molecular weight excluding hydrogens is 186 g/mol.